The summed E-state index contributed by atoms with van der Waals surface area (Å²) in [5.74, 6) is 2.08. The first kappa shape index (κ1) is 24.4. The summed E-state index contributed by atoms with van der Waals surface area (Å²) in [4.78, 5) is 32.5. The van der Waals surface area contributed by atoms with E-state index in [-0.39, 0.29) is 5.91 Å². The number of carbonyl (C=O) groups is 1. The van der Waals surface area contributed by atoms with Gasteiger partial charge >= 0.3 is 0 Å². The van der Waals surface area contributed by atoms with Gasteiger partial charge in [0, 0.05) is 83.3 Å². The quantitative estimate of drug-likeness (QED) is 0.541. The van der Waals surface area contributed by atoms with Gasteiger partial charge in [-0.2, -0.15) is 4.98 Å². The minimum atomic E-state index is 0.146. The highest BCUT2D eigenvalue weighted by Crippen LogP contribution is 2.22. The molecule has 2 fully saturated rings. The first-order chi connectivity index (χ1) is 17.7. The van der Waals surface area contributed by atoms with E-state index in [9.17, 15) is 4.79 Å². The van der Waals surface area contributed by atoms with Crippen molar-refractivity contribution in [1.29, 1.82) is 0 Å². The largest absolute Gasteiger partial charge is 0.378 e. The van der Waals surface area contributed by atoms with E-state index in [0.29, 0.717) is 19.1 Å². The van der Waals surface area contributed by atoms with Crippen LogP contribution in [0.4, 0.5) is 11.8 Å². The van der Waals surface area contributed by atoms with E-state index in [1.165, 1.54) is 10.9 Å². The van der Waals surface area contributed by atoms with Crippen LogP contribution < -0.4 is 10.2 Å². The summed E-state index contributed by atoms with van der Waals surface area (Å²) in [6.07, 6.45) is 6.61. The molecule has 9 heteroatoms. The molecule has 0 radical (unpaired) electrons. The first-order valence-corrected chi connectivity index (χ1v) is 12.8. The Labute approximate surface area is 212 Å². The number of pyridine rings is 1. The molecular weight excluding hydrogens is 454 g/mol. The van der Waals surface area contributed by atoms with Crippen LogP contribution in [-0.2, 0) is 16.0 Å². The van der Waals surface area contributed by atoms with Gasteiger partial charge in [0.1, 0.15) is 5.82 Å². The Morgan fingerprint density at radius 3 is 2.81 bits per heavy atom. The maximum atomic E-state index is 12.3. The molecule has 0 aliphatic carbocycles. The van der Waals surface area contributed by atoms with Crippen molar-refractivity contribution in [1.82, 2.24) is 24.8 Å². The Morgan fingerprint density at radius 2 is 1.94 bits per heavy atom. The molecule has 9 nitrogen and oxygen atoms in total. The fourth-order valence-corrected chi connectivity index (χ4v) is 5.15. The smallest absolute Gasteiger partial charge is 0.227 e. The van der Waals surface area contributed by atoms with Crippen LogP contribution in [0.5, 0.6) is 0 Å². The fourth-order valence-electron chi connectivity index (χ4n) is 5.15. The predicted octanol–water partition coefficient (Wildman–Crippen LogP) is 2.30. The van der Waals surface area contributed by atoms with Crippen molar-refractivity contribution in [2.75, 3.05) is 75.8 Å². The maximum absolute atomic E-state index is 12.3. The summed E-state index contributed by atoms with van der Waals surface area (Å²) in [6, 6.07) is 10.3. The number of morpholine rings is 1. The summed E-state index contributed by atoms with van der Waals surface area (Å²) >= 11 is 0. The number of nitrogens with one attached hydrogen (secondary N) is 1. The number of fused-ring (bicyclic) bond motifs is 1. The van der Waals surface area contributed by atoms with Crippen LogP contribution in [0.15, 0.2) is 48.9 Å². The van der Waals surface area contributed by atoms with Crippen LogP contribution in [0, 0.1) is 5.92 Å². The molecule has 2 aliphatic rings. The molecule has 2 aliphatic heterocycles. The summed E-state index contributed by atoms with van der Waals surface area (Å²) in [6.45, 7) is 9.74. The van der Waals surface area contributed by atoms with Crippen LogP contribution in [0.25, 0.3) is 10.8 Å². The van der Waals surface area contributed by atoms with Gasteiger partial charge in [-0.1, -0.05) is 24.3 Å². The molecule has 36 heavy (non-hydrogen) atoms. The lowest BCUT2D eigenvalue weighted by molar-refractivity contribution is -0.129. The van der Waals surface area contributed by atoms with Crippen LogP contribution in [0.1, 0.15) is 12.5 Å². The molecule has 190 valence electrons. The molecule has 0 spiro atoms. The van der Waals surface area contributed by atoms with E-state index in [2.05, 4.69) is 43.3 Å². The Kier molecular flexibility index (Phi) is 7.88. The summed E-state index contributed by atoms with van der Waals surface area (Å²) in [5.41, 5.74) is 1.25. The third-order valence-electron chi connectivity index (χ3n) is 7.06. The molecule has 0 bridgehead atoms. The average molecular weight is 490 g/mol. The zero-order chi connectivity index (χ0) is 24.7. The molecule has 1 atom stereocenters. The highest BCUT2D eigenvalue weighted by Gasteiger charge is 2.25. The normalized spacial score (nSPS) is 19.3. The number of hydrogen-bond acceptors (Lipinski definition) is 8. The fraction of sp³-hybridized carbons (Fsp3) is 0.481. The van der Waals surface area contributed by atoms with Crippen molar-refractivity contribution < 1.29 is 9.53 Å². The summed E-state index contributed by atoms with van der Waals surface area (Å²) in [5, 5.41) is 5.88. The number of ether oxygens (including phenoxy) is 1. The molecule has 4 heterocycles. The van der Waals surface area contributed by atoms with Gasteiger partial charge in [0.05, 0.1) is 13.2 Å². The average Bonchev–Trinajstić information content (AvgIpc) is 3.12. The standard InChI is InChI=1S/C27H35N7O2/c1-21(35)34-11-10-32(9-8-29-26-6-7-30-27(31-26)33-12-14-36-15-13-33)19-22(20-34)16-24-18-28-17-23-4-2-3-5-25(23)24/h2-7,17-18,22H,8-16,19-20H2,1H3,(H,29,30,31). The van der Waals surface area contributed by atoms with E-state index < -0.39 is 0 Å². The minimum Gasteiger partial charge on any atom is -0.378 e. The van der Waals surface area contributed by atoms with Crippen molar-refractivity contribution in [2.45, 2.75) is 13.3 Å². The molecular formula is C27H35N7O2. The highest BCUT2D eigenvalue weighted by molar-refractivity contribution is 5.84. The number of carbonyl (C=O) groups excluding carboxylic acids is 1. The van der Waals surface area contributed by atoms with Crippen LogP contribution >= 0.6 is 0 Å². The second-order valence-electron chi connectivity index (χ2n) is 9.62. The summed E-state index contributed by atoms with van der Waals surface area (Å²) < 4.78 is 5.44. The molecule has 1 aromatic carbocycles. The van der Waals surface area contributed by atoms with Gasteiger partial charge < -0.3 is 19.9 Å². The predicted molar refractivity (Wildman–Crippen MR) is 141 cm³/mol. The van der Waals surface area contributed by atoms with E-state index in [1.54, 1.807) is 6.92 Å². The lowest BCUT2D eigenvalue weighted by atomic mass is 9.96. The third kappa shape index (κ3) is 6.09. The van der Waals surface area contributed by atoms with Gasteiger partial charge in [-0.3, -0.25) is 14.7 Å². The van der Waals surface area contributed by atoms with E-state index in [4.69, 9.17) is 9.72 Å². The monoisotopic (exact) mass is 489 g/mol. The van der Waals surface area contributed by atoms with Gasteiger partial charge in [-0.25, -0.2) is 4.98 Å². The lowest BCUT2D eigenvalue weighted by Crippen LogP contribution is -2.37. The Morgan fingerprint density at radius 1 is 1.08 bits per heavy atom. The van der Waals surface area contributed by atoms with E-state index in [0.717, 1.165) is 75.9 Å². The van der Waals surface area contributed by atoms with Crippen LogP contribution in [0.2, 0.25) is 0 Å². The van der Waals surface area contributed by atoms with Crippen molar-refractivity contribution >= 4 is 28.4 Å². The molecule has 1 amide bonds. The van der Waals surface area contributed by atoms with Gasteiger partial charge in [-0.15, -0.1) is 0 Å². The van der Waals surface area contributed by atoms with Crippen molar-refractivity contribution in [2.24, 2.45) is 5.92 Å². The van der Waals surface area contributed by atoms with Crippen LogP contribution in [0.3, 0.4) is 0 Å². The minimum absolute atomic E-state index is 0.146. The SMILES string of the molecule is CC(=O)N1CCN(CCNc2ccnc(N3CCOCC3)n2)CC(Cc2cncc3ccccc23)C1. The van der Waals surface area contributed by atoms with Crippen molar-refractivity contribution in [3.63, 3.8) is 0 Å². The Hall–Kier alpha value is -3.30. The zero-order valence-electron chi connectivity index (χ0n) is 21.0. The van der Waals surface area contributed by atoms with Gasteiger partial charge in [0.2, 0.25) is 11.9 Å². The van der Waals surface area contributed by atoms with Crippen molar-refractivity contribution in [3.8, 4) is 0 Å². The number of amides is 1. The Bertz CT molecular complexity index is 1160. The second-order valence-corrected chi connectivity index (χ2v) is 9.62. The number of rotatable bonds is 7. The zero-order valence-corrected chi connectivity index (χ0v) is 21.0. The first-order valence-electron chi connectivity index (χ1n) is 12.8. The number of anilines is 2. The van der Waals surface area contributed by atoms with Gasteiger partial charge in [-0.05, 0) is 29.4 Å². The van der Waals surface area contributed by atoms with E-state index in [1.807, 2.05) is 35.6 Å². The number of nitrogens with zero attached hydrogens (tertiary/aromatic N) is 6. The third-order valence-corrected chi connectivity index (χ3v) is 7.06. The molecule has 2 saturated heterocycles. The lowest BCUT2D eigenvalue weighted by Gasteiger charge is -2.27. The number of hydrogen-bond donors (Lipinski definition) is 1. The molecule has 5 rings (SSSR count). The highest BCUT2D eigenvalue weighted by atomic mass is 16.5. The molecule has 1 unspecified atom stereocenters. The maximum Gasteiger partial charge on any atom is 0.227 e. The number of aromatic nitrogens is 3. The van der Waals surface area contributed by atoms with Gasteiger partial charge in [0.25, 0.3) is 0 Å². The molecule has 3 aromatic rings. The topological polar surface area (TPSA) is 86.7 Å². The molecule has 0 saturated carbocycles. The molecule has 2 aromatic heterocycles. The van der Waals surface area contributed by atoms with Gasteiger partial charge in [0.15, 0.2) is 0 Å². The van der Waals surface area contributed by atoms with Crippen molar-refractivity contribution in [3.05, 3.63) is 54.5 Å². The van der Waals surface area contributed by atoms with E-state index >= 15 is 0 Å². The summed E-state index contributed by atoms with van der Waals surface area (Å²) in [7, 11) is 0. The Balaban J connectivity index is 1.22. The second kappa shape index (κ2) is 11.6. The molecule has 1 N–H and O–H groups in total. The number of benzene rings is 1. The van der Waals surface area contributed by atoms with Crippen LogP contribution in [-0.4, -0.2) is 96.2 Å².